The number of morpholine rings is 1. The maximum Gasteiger partial charge on any atom is 0.204 e. The fourth-order valence-electron chi connectivity index (χ4n) is 4.21. The van der Waals surface area contributed by atoms with Gasteiger partial charge in [-0.25, -0.2) is 4.98 Å². The van der Waals surface area contributed by atoms with Crippen LogP contribution in [-0.2, 0) is 22.5 Å². The Morgan fingerprint density at radius 1 is 1.00 bits per heavy atom. The molecule has 184 valence electrons. The number of pyridine rings is 1. The number of nitrogens with zero attached hydrogens (tertiary/aromatic N) is 6. The van der Waals surface area contributed by atoms with E-state index in [0.717, 1.165) is 52.4 Å². The van der Waals surface area contributed by atoms with Gasteiger partial charge in [0.05, 0.1) is 51.1 Å². The number of hydrogen-bond donors (Lipinski definition) is 0. The number of fused-ring (bicyclic) bond motifs is 3. The van der Waals surface area contributed by atoms with Gasteiger partial charge in [0.2, 0.25) is 5.65 Å². The highest BCUT2D eigenvalue weighted by Crippen LogP contribution is 2.29. The Labute approximate surface area is 203 Å². The molecule has 0 unspecified atom stereocenters. The van der Waals surface area contributed by atoms with Gasteiger partial charge in [-0.15, -0.1) is 10.2 Å². The minimum absolute atomic E-state index is 0.0701. The number of benzene rings is 1. The predicted octanol–water partition coefficient (Wildman–Crippen LogP) is 3.04. The number of rotatable bonds is 8. The van der Waals surface area contributed by atoms with Crippen molar-refractivity contribution in [2.45, 2.75) is 33.0 Å². The van der Waals surface area contributed by atoms with Crippen LogP contribution in [-0.4, -0.2) is 71.4 Å². The minimum Gasteiger partial charge on any atom is -0.497 e. The highest BCUT2D eigenvalue weighted by atomic mass is 16.5. The molecule has 10 nitrogen and oxygen atoms in total. The molecule has 1 aliphatic heterocycles. The molecule has 1 aliphatic rings. The summed E-state index contributed by atoms with van der Waals surface area (Å²) >= 11 is 0. The summed E-state index contributed by atoms with van der Waals surface area (Å²) in [5.41, 5.74) is 4.28. The van der Waals surface area contributed by atoms with E-state index in [-0.39, 0.29) is 6.10 Å². The monoisotopic (exact) mass is 478 g/mol. The number of anilines is 1. The molecule has 10 heteroatoms. The smallest absolute Gasteiger partial charge is 0.204 e. The van der Waals surface area contributed by atoms with Gasteiger partial charge in [0.15, 0.2) is 5.82 Å². The van der Waals surface area contributed by atoms with Gasteiger partial charge in [-0.05, 0) is 37.6 Å². The third-order valence-electron chi connectivity index (χ3n) is 6.03. The molecule has 3 aromatic heterocycles. The summed E-state index contributed by atoms with van der Waals surface area (Å²) in [5, 5.41) is 14.7. The van der Waals surface area contributed by atoms with Crippen molar-refractivity contribution >= 4 is 22.2 Å². The molecule has 5 rings (SSSR count). The summed E-state index contributed by atoms with van der Waals surface area (Å²) in [6.07, 6.45) is 2.52. The lowest BCUT2D eigenvalue weighted by atomic mass is 10.1. The Bertz CT molecular complexity index is 1310. The van der Waals surface area contributed by atoms with Gasteiger partial charge >= 0.3 is 0 Å². The van der Waals surface area contributed by atoms with Crippen LogP contribution in [0, 0.1) is 0 Å². The van der Waals surface area contributed by atoms with Crippen LogP contribution in [0.2, 0.25) is 0 Å². The SMILES string of the molecule is COc1cc(Cc2nn3c(COC(C)C)nnc3c3ncc(N4CCOCC4)cc23)cc(OC)c1. The maximum atomic E-state index is 5.79. The normalized spacial score (nSPS) is 14.3. The molecular weight excluding hydrogens is 448 g/mol. The van der Waals surface area contributed by atoms with Gasteiger partial charge in [0, 0.05) is 31.0 Å². The van der Waals surface area contributed by atoms with Crippen LogP contribution in [0.3, 0.4) is 0 Å². The molecule has 1 fully saturated rings. The van der Waals surface area contributed by atoms with Gasteiger partial charge in [0.25, 0.3) is 0 Å². The van der Waals surface area contributed by atoms with Crippen molar-refractivity contribution < 1.29 is 18.9 Å². The molecular formula is C25H30N6O4. The van der Waals surface area contributed by atoms with Crippen LogP contribution >= 0.6 is 0 Å². The quantitative estimate of drug-likeness (QED) is 0.379. The number of methoxy groups -OCH3 is 2. The van der Waals surface area contributed by atoms with E-state index in [0.29, 0.717) is 37.7 Å². The second-order valence-electron chi connectivity index (χ2n) is 8.74. The van der Waals surface area contributed by atoms with Crippen LogP contribution in [0.4, 0.5) is 5.69 Å². The summed E-state index contributed by atoms with van der Waals surface area (Å²) in [7, 11) is 3.30. The van der Waals surface area contributed by atoms with Gasteiger partial charge in [-0.1, -0.05) is 0 Å². The van der Waals surface area contributed by atoms with Crippen molar-refractivity contribution in [1.82, 2.24) is 24.8 Å². The molecule has 4 aromatic rings. The van der Waals surface area contributed by atoms with E-state index in [1.165, 1.54) is 0 Å². The highest BCUT2D eigenvalue weighted by molar-refractivity contribution is 5.93. The zero-order valence-electron chi connectivity index (χ0n) is 20.5. The Kier molecular flexibility index (Phi) is 6.65. The fourth-order valence-corrected chi connectivity index (χ4v) is 4.21. The van der Waals surface area contributed by atoms with Crippen molar-refractivity contribution in [3.8, 4) is 11.5 Å². The standard InChI is InChI=1S/C25H30N6O4/c1-16(2)35-15-23-27-28-25-24-21(12-18(14-26-24)30-5-7-34-8-6-30)22(29-31(23)25)11-17-9-19(32-3)13-20(10-17)33-4/h9-10,12-14,16H,5-8,11,15H2,1-4H3. The summed E-state index contributed by atoms with van der Waals surface area (Å²) in [4.78, 5) is 7.11. The average molecular weight is 479 g/mol. The lowest BCUT2D eigenvalue weighted by Gasteiger charge is -2.28. The first-order chi connectivity index (χ1) is 17.1. The van der Waals surface area contributed by atoms with Crippen LogP contribution in [0.5, 0.6) is 11.5 Å². The highest BCUT2D eigenvalue weighted by Gasteiger charge is 2.19. The second-order valence-corrected chi connectivity index (χ2v) is 8.74. The zero-order chi connectivity index (χ0) is 24.4. The molecule has 0 bridgehead atoms. The molecule has 35 heavy (non-hydrogen) atoms. The van der Waals surface area contributed by atoms with E-state index < -0.39 is 0 Å². The van der Waals surface area contributed by atoms with Crippen molar-refractivity contribution in [2.24, 2.45) is 0 Å². The maximum absolute atomic E-state index is 5.79. The fraction of sp³-hybridized carbons (Fsp3) is 0.440. The van der Waals surface area contributed by atoms with Crippen LogP contribution in [0.1, 0.15) is 30.9 Å². The first-order valence-corrected chi connectivity index (χ1v) is 11.7. The second kappa shape index (κ2) is 10.0. The third kappa shape index (κ3) is 4.85. The average Bonchev–Trinajstić information content (AvgIpc) is 3.30. The summed E-state index contributed by atoms with van der Waals surface area (Å²) in [6.45, 7) is 7.35. The van der Waals surface area contributed by atoms with Crippen LogP contribution in [0.25, 0.3) is 16.6 Å². The number of ether oxygens (including phenoxy) is 4. The van der Waals surface area contributed by atoms with Gasteiger partial charge in [-0.2, -0.15) is 9.61 Å². The molecule has 0 aliphatic carbocycles. The topological polar surface area (TPSA) is 96.1 Å². The van der Waals surface area contributed by atoms with Crippen molar-refractivity contribution in [3.05, 3.63) is 47.5 Å². The van der Waals surface area contributed by atoms with Crippen molar-refractivity contribution in [1.29, 1.82) is 0 Å². The Balaban J connectivity index is 1.64. The lowest BCUT2D eigenvalue weighted by Crippen LogP contribution is -2.36. The Morgan fingerprint density at radius 2 is 1.74 bits per heavy atom. The van der Waals surface area contributed by atoms with Crippen LogP contribution in [0.15, 0.2) is 30.5 Å². The van der Waals surface area contributed by atoms with Crippen LogP contribution < -0.4 is 14.4 Å². The van der Waals surface area contributed by atoms with Gasteiger partial charge in [0.1, 0.15) is 23.6 Å². The number of aromatic nitrogens is 5. The molecule has 0 atom stereocenters. The molecule has 0 radical (unpaired) electrons. The van der Waals surface area contributed by atoms with E-state index in [9.17, 15) is 0 Å². The third-order valence-corrected chi connectivity index (χ3v) is 6.03. The summed E-state index contributed by atoms with van der Waals surface area (Å²) in [5.74, 6) is 2.10. The van der Waals surface area contributed by atoms with Crippen molar-refractivity contribution in [3.63, 3.8) is 0 Å². The molecule has 1 aromatic carbocycles. The molecule has 0 spiro atoms. The zero-order valence-corrected chi connectivity index (χ0v) is 20.5. The minimum atomic E-state index is 0.0701. The van der Waals surface area contributed by atoms with Crippen molar-refractivity contribution in [2.75, 3.05) is 45.4 Å². The summed E-state index contributed by atoms with van der Waals surface area (Å²) < 4.78 is 24.0. The van der Waals surface area contributed by atoms with Gasteiger partial charge in [-0.3, -0.25) is 0 Å². The lowest BCUT2D eigenvalue weighted by molar-refractivity contribution is 0.0602. The predicted molar refractivity (Wildman–Crippen MR) is 131 cm³/mol. The first-order valence-electron chi connectivity index (χ1n) is 11.7. The Morgan fingerprint density at radius 3 is 2.43 bits per heavy atom. The molecule has 4 heterocycles. The number of hydrogen-bond acceptors (Lipinski definition) is 9. The first kappa shape index (κ1) is 23.3. The van der Waals surface area contributed by atoms with Gasteiger partial charge < -0.3 is 23.8 Å². The van der Waals surface area contributed by atoms with E-state index in [2.05, 4.69) is 21.2 Å². The largest absolute Gasteiger partial charge is 0.497 e. The van der Waals surface area contributed by atoms with E-state index >= 15 is 0 Å². The molecule has 0 N–H and O–H groups in total. The Hall–Kier alpha value is -3.50. The van der Waals surface area contributed by atoms with E-state index in [4.69, 9.17) is 29.0 Å². The van der Waals surface area contributed by atoms with E-state index in [1.54, 1.807) is 18.7 Å². The molecule has 0 saturated carbocycles. The molecule has 0 amide bonds. The molecule has 1 saturated heterocycles. The van der Waals surface area contributed by atoms with E-state index in [1.807, 2.05) is 38.2 Å². The summed E-state index contributed by atoms with van der Waals surface area (Å²) in [6, 6.07) is 7.99.